The number of carboxylic acid groups (broad SMARTS) is 2. The zero-order valence-electron chi connectivity index (χ0n) is 36.1. The fraction of sp³-hybridized carbons (Fsp3) is 0.426. The third-order valence-electron chi connectivity index (χ3n) is 10.9. The zero-order valence-corrected chi connectivity index (χ0v) is 50.2. The minimum atomic E-state index is -2.08. The molecule has 316 valence electrons. The van der Waals surface area contributed by atoms with Crippen molar-refractivity contribution in [1.82, 2.24) is 9.80 Å². The number of esters is 2. The number of halogens is 1. The summed E-state index contributed by atoms with van der Waals surface area (Å²) in [7, 11) is 0. The van der Waals surface area contributed by atoms with Crippen LogP contribution in [-0.4, -0.2) is 103 Å². The maximum Gasteiger partial charge on any atom is 1.00 e. The van der Waals surface area contributed by atoms with E-state index < -0.39 is 6.16 Å². The minimum Gasteiger partial charge on any atom is -0.565 e. The van der Waals surface area contributed by atoms with Crippen LogP contribution >= 0.6 is 15.9 Å². The van der Waals surface area contributed by atoms with E-state index >= 15 is 0 Å². The molecular formula is C47H56BrCs2N2O9+. The SMILES string of the molecule is BrCCc1ccccc1.CCOC(=O)CN1CC2(Cc3ccc(O)cc3C2)C1.CCOC(=O)CN1CC2(Cc3ccc(OCCc4ccccc4)cc3C2)C1.O=C([O-])O.[Cs+].[Cs+]. The minimum absolute atomic E-state index is 0. The molecule has 2 heterocycles. The second kappa shape index (κ2) is 27.6. The van der Waals surface area contributed by atoms with Gasteiger partial charge in [-0.25, -0.2) is 0 Å². The Hall–Kier alpha value is -0.806. The van der Waals surface area contributed by atoms with Crippen LogP contribution in [0.2, 0.25) is 0 Å². The number of benzene rings is 4. The summed E-state index contributed by atoms with van der Waals surface area (Å²) in [5.41, 5.74) is 8.72. The molecule has 0 unspecified atom stereocenters. The van der Waals surface area contributed by atoms with E-state index in [0.717, 1.165) is 75.8 Å². The average Bonchev–Trinajstić information content (AvgIpc) is 3.75. The molecule has 2 saturated heterocycles. The fourth-order valence-corrected chi connectivity index (χ4v) is 9.12. The molecule has 14 heteroatoms. The number of alkyl halides is 1. The molecule has 11 nitrogen and oxygen atoms in total. The molecule has 0 amide bonds. The van der Waals surface area contributed by atoms with E-state index in [0.29, 0.717) is 44.1 Å². The van der Waals surface area contributed by atoms with E-state index in [4.69, 9.17) is 29.2 Å². The average molecular weight is 1140 g/mol. The molecule has 2 N–H and O–H groups in total. The number of phenolic OH excluding ortho intramolecular Hbond substituents is 1. The summed E-state index contributed by atoms with van der Waals surface area (Å²) < 4.78 is 16.0. The summed E-state index contributed by atoms with van der Waals surface area (Å²) in [5, 5.41) is 25.9. The maximum atomic E-state index is 11.6. The van der Waals surface area contributed by atoms with Gasteiger partial charge in [0.15, 0.2) is 0 Å². The van der Waals surface area contributed by atoms with Gasteiger partial charge < -0.3 is 34.3 Å². The molecule has 2 aliphatic carbocycles. The second-order valence-corrected chi connectivity index (χ2v) is 16.6. The molecule has 8 rings (SSSR count). The number of ether oxygens (including phenoxy) is 3. The predicted molar refractivity (Wildman–Crippen MR) is 228 cm³/mol. The topological polar surface area (TPSA) is 149 Å². The van der Waals surface area contributed by atoms with Gasteiger partial charge in [0.2, 0.25) is 6.16 Å². The number of carbonyl (C=O) groups excluding carboxylic acids is 2. The quantitative estimate of drug-likeness (QED) is 0.148. The predicted octanol–water partition coefficient (Wildman–Crippen LogP) is 0.147. The van der Waals surface area contributed by atoms with Crippen molar-refractivity contribution in [3.63, 3.8) is 0 Å². The van der Waals surface area contributed by atoms with Gasteiger partial charge in [-0.2, -0.15) is 0 Å². The molecule has 2 spiro atoms. The molecule has 2 fully saturated rings. The second-order valence-electron chi connectivity index (χ2n) is 15.8. The molecule has 0 bridgehead atoms. The third-order valence-corrected chi connectivity index (χ3v) is 11.3. The number of hydrogen-bond acceptors (Lipinski definition) is 10. The summed E-state index contributed by atoms with van der Waals surface area (Å²) >= 11 is 3.39. The van der Waals surface area contributed by atoms with Crippen molar-refractivity contribution >= 4 is 34.0 Å². The molecule has 0 radical (unpaired) electrons. The summed E-state index contributed by atoms with van der Waals surface area (Å²) in [6.07, 6.45) is 4.22. The monoisotopic (exact) mass is 1140 g/mol. The van der Waals surface area contributed by atoms with Crippen LogP contribution in [0, 0.1) is 10.8 Å². The first-order valence-electron chi connectivity index (χ1n) is 20.3. The summed E-state index contributed by atoms with van der Waals surface area (Å²) in [5.74, 6) is 1.06. The molecule has 0 aromatic heterocycles. The van der Waals surface area contributed by atoms with Gasteiger partial charge in [-0.15, -0.1) is 0 Å². The van der Waals surface area contributed by atoms with Crippen LogP contribution in [0.25, 0.3) is 0 Å². The first-order chi connectivity index (χ1) is 28.4. The Labute approximate surface area is 486 Å². The third kappa shape index (κ3) is 17.8. The molecule has 0 atom stereocenters. The molecule has 0 saturated carbocycles. The van der Waals surface area contributed by atoms with Crippen LogP contribution < -0.4 is 148 Å². The molecule has 2 aliphatic heterocycles. The normalized spacial score (nSPS) is 15.7. The number of aromatic hydroxyl groups is 1. The van der Waals surface area contributed by atoms with Crippen molar-refractivity contribution in [3.8, 4) is 11.5 Å². The van der Waals surface area contributed by atoms with Crippen LogP contribution in [0.1, 0.15) is 47.2 Å². The van der Waals surface area contributed by atoms with Crippen LogP contribution in [0.15, 0.2) is 97.1 Å². The molecular weight excluding hydrogens is 1080 g/mol. The fourth-order valence-electron chi connectivity index (χ4n) is 8.66. The van der Waals surface area contributed by atoms with Gasteiger partial charge in [-0.1, -0.05) is 88.7 Å². The number of hydrogen-bond donors (Lipinski definition) is 2. The van der Waals surface area contributed by atoms with E-state index in [9.17, 15) is 14.7 Å². The Balaban J connectivity index is 0.000000253. The van der Waals surface area contributed by atoms with Crippen molar-refractivity contribution < 1.29 is 182 Å². The van der Waals surface area contributed by atoms with Gasteiger partial charge in [-0.05, 0) is 104 Å². The smallest absolute Gasteiger partial charge is 0.565 e. The van der Waals surface area contributed by atoms with Gasteiger partial charge >= 0.3 is 150 Å². The summed E-state index contributed by atoms with van der Waals surface area (Å²) in [6, 6.07) is 33.1. The van der Waals surface area contributed by atoms with Crippen molar-refractivity contribution in [2.75, 3.05) is 64.4 Å². The molecule has 4 aliphatic rings. The molecule has 61 heavy (non-hydrogen) atoms. The van der Waals surface area contributed by atoms with Crippen LogP contribution in [0.4, 0.5) is 4.79 Å². The summed E-state index contributed by atoms with van der Waals surface area (Å²) in [4.78, 5) is 35.8. The van der Waals surface area contributed by atoms with Crippen molar-refractivity contribution in [2.45, 2.75) is 52.4 Å². The molecule has 4 aromatic rings. The van der Waals surface area contributed by atoms with Gasteiger partial charge in [0.05, 0.1) is 32.9 Å². The van der Waals surface area contributed by atoms with Gasteiger partial charge in [-0.3, -0.25) is 19.4 Å². The number of phenols is 1. The van der Waals surface area contributed by atoms with Gasteiger partial charge in [0, 0.05) is 48.8 Å². The van der Waals surface area contributed by atoms with E-state index in [2.05, 4.69) is 92.5 Å². The number of aryl methyl sites for hydroxylation is 1. The Morgan fingerprint density at radius 3 is 1.54 bits per heavy atom. The maximum absolute atomic E-state index is 11.6. The Kier molecular flexibility index (Phi) is 24.7. The zero-order chi connectivity index (χ0) is 42.3. The van der Waals surface area contributed by atoms with Crippen LogP contribution in [0.3, 0.4) is 0 Å². The van der Waals surface area contributed by atoms with Crippen molar-refractivity contribution in [1.29, 1.82) is 0 Å². The number of fused-ring (bicyclic) bond motifs is 2. The summed E-state index contributed by atoms with van der Waals surface area (Å²) in [6.45, 7) is 9.94. The molecule has 4 aromatic carbocycles. The number of likely N-dealkylation sites (tertiary alicyclic amines) is 2. The largest absolute Gasteiger partial charge is 1.00 e. The van der Waals surface area contributed by atoms with Crippen molar-refractivity contribution in [2.24, 2.45) is 10.8 Å². The number of nitrogens with zero attached hydrogens (tertiary/aromatic N) is 2. The number of rotatable bonds is 12. The first kappa shape index (κ1) is 54.5. The first-order valence-corrected chi connectivity index (χ1v) is 21.4. The van der Waals surface area contributed by atoms with Gasteiger partial charge in [0.25, 0.3) is 0 Å². The Morgan fingerprint density at radius 2 is 1.08 bits per heavy atom. The van der Waals surface area contributed by atoms with Crippen LogP contribution in [-0.2, 0) is 57.6 Å². The van der Waals surface area contributed by atoms with Gasteiger partial charge in [0.1, 0.15) is 11.5 Å². The Bertz CT molecular complexity index is 1970. The van der Waals surface area contributed by atoms with E-state index in [-0.39, 0.29) is 155 Å². The van der Waals surface area contributed by atoms with Crippen molar-refractivity contribution in [3.05, 3.63) is 130 Å². The standard InChI is InChI=1S/C23H27NO3.C15H19NO3.C8H9Br.CH2O3.2Cs/c1-2-26-22(25)15-24-16-23(17-24)13-19-8-9-21(12-20(19)14-23)27-11-10-18-6-4-3-5-7-18;1-2-19-14(18)8-16-9-15(10-16)6-11-3-4-13(17)5-12(11)7-15;9-7-6-8-4-2-1-3-5-8;2-1(3)4;;/h3-9,12H,2,10-11,13-17H2,1H3;3-5,17H,2,6-10H2,1H3;1-5H,6-7H2;(H2,2,3,4);;/q;;;;2*+1/p-1. The van der Waals surface area contributed by atoms with E-state index in [1.807, 2.05) is 38.1 Å². The van der Waals surface area contributed by atoms with E-state index in [1.54, 1.807) is 6.07 Å². The van der Waals surface area contributed by atoms with E-state index in [1.165, 1.54) is 33.4 Å². The van der Waals surface area contributed by atoms with Crippen LogP contribution in [0.5, 0.6) is 11.5 Å². The Morgan fingerprint density at radius 1 is 0.656 bits per heavy atom. The number of carbonyl (C=O) groups is 3.